The number of aromatic amines is 1. The number of hydrogen-bond acceptors (Lipinski definition) is 5. The Balaban J connectivity index is 1.64. The summed E-state index contributed by atoms with van der Waals surface area (Å²) in [6, 6.07) is 14.2. The van der Waals surface area contributed by atoms with Gasteiger partial charge in [-0.15, -0.1) is 0 Å². The molecule has 0 radical (unpaired) electrons. The Hall–Kier alpha value is -3.52. The third kappa shape index (κ3) is 3.18. The van der Waals surface area contributed by atoms with Crippen molar-refractivity contribution in [2.24, 2.45) is 0 Å². The zero-order valence-electron chi connectivity index (χ0n) is 14.2. The number of nitro benzene ring substituents is 1. The summed E-state index contributed by atoms with van der Waals surface area (Å²) in [6.45, 7) is 1.89. The Morgan fingerprint density at radius 1 is 1.22 bits per heavy atom. The van der Waals surface area contributed by atoms with Crippen LogP contribution in [0.15, 0.2) is 54.7 Å². The first-order chi connectivity index (χ1) is 13.0. The van der Waals surface area contributed by atoms with E-state index < -0.39 is 4.92 Å². The lowest BCUT2D eigenvalue weighted by atomic mass is 10.1. The number of aromatic nitrogens is 2. The number of hydrogen-bond donors (Lipinski definition) is 2. The molecule has 2 N–H and O–H groups in total. The van der Waals surface area contributed by atoms with Crippen LogP contribution in [0.5, 0.6) is 0 Å². The number of carbonyl (C=O) groups excluding carboxylic acids is 1. The van der Waals surface area contributed by atoms with Crippen LogP contribution in [0.4, 0.5) is 10.8 Å². The molecule has 0 unspecified atom stereocenters. The monoisotopic (exact) mass is 378 g/mol. The van der Waals surface area contributed by atoms with E-state index in [1.54, 1.807) is 12.3 Å². The first-order valence-corrected chi connectivity index (χ1v) is 8.94. The van der Waals surface area contributed by atoms with Gasteiger partial charge in [0.05, 0.1) is 21.1 Å². The molecule has 134 valence electrons. The highest BCUT2D eigenvalue weighted by Crippen LogP contribution is 2.33. The molecular formula is C19H14N4O3S. The summed E-state index contributed by atoms with van der Waals surface area (Å²) >= 11 is 1.39. The quantitative estimate of drug-likeness (QED) is 0.395. The molecule has 0 aliphatic rings. The molecule has 4 aromatic rings. The van der Waals surface area contributed by atoms with E-state index >= 15 is 0 Å². The average Bonchev–Trinajstić information content (AvgIpc) is 3.25. The van der Waals surface area contributed by atoms with Crippen LogP contribution in [0.1, 0.15) is 16.1 Å². The lowest BCUT2D eigenvalue weighted by Gasteiger charge is -2.00. The summed E-state index contributed by atoms with van der Waals surface area (Å²) in [5.74, 6) is -0.366. The van der Waals surface area contributed by atoms with Crippen molar-refractivity contribution in [2.75, 3.05) is 5.32 Å². The molecule has 0 bridgehead atoms. The highest BCUT2D eigenvalue weighted by atomic mass is 32.1. The number of thiazole rings is 1. The molecule has 8 heteroatoms. The van der Waals surface area contributed by atoms with E-state index in [-0.39, 0.29) is 11.6 Å². The molecule has 1 amide bonds. The largest absolute Gasteiger partial charge is 0.360 e. The average molecular weight is 378 g/mol. The van der Waals surface area contributed by atoms with Gasteiger partial charge in [-0.05, 0) is 18.6 Å². The van der Waals surface area contributed by atoms with Gasteiger partial charge in [-0.3, -0.25) is 20.2 Å². The van der Waals surface area contributed by atoms with Gasteiger partial charge in [0.2, 0.25) is 0 Å². The second kappa shape index (κ2) is 6.65. The van der Waals surface area contributed by atoms with Crippen LogP contribution in [-0.4, -0.2) is 20.8 Å². The minimum absolute atomic E-state index is 0.0624. The molecule has 27 heavy (non-hydrogen) atoms. The van der Waals surface area contributed by atoms with Gasteiger partial charge in [0.25, 0.3) is 11.6 Å². The van der Waals surface area contributed by atoms with E-state index in [4.69, 9.17) is 0 Å². The van der Waals surface area contributed by atoms with Crippen molar-refractivity contribution in [1.29, 1.82) is 0 Å². The minimum atomic E-state index is -0.482. The van der Waals surface area contributed by atoms with Crippen LogP contribution >= 0.6 is 11.3 Å². The maximum atomic E-state index is 12.7. The fourth-order valence-corrected chi connectivity index (χ4v) is 3.85. The first kappa shape index (κ1) is 16.9. The van der Waals surface area contributed by atoms with Gasteiger partial charge in [-0.2, -0.15) is 0 Å². The summed E-state index contributed by atoms with van der Waals surface area (Å²) < 4.78 is 0. The summed E-state index contributed by atoms with van der Waals surface area (Å²) in [5.41, 5.74) is 2.80. The number of rotatable bonds is 4. The summed E-state index contributed by atoms with van der Waals surface area (Å²) in [4.78, 5) is 31.6. The Morgan fingerprint density at radius 3 is 2.74 bits per heavy atom. The van der Waals surface area contributed by atoms with E-state index in [0.29, 0.717) is 21.6 Å². The number of H-pyrrole nitrogens is 1. The molecule has 0 spiro atoms. The van der Waals surface area contributed by atoms with Gasteiger partial charge in [-0.25, -0.2) is 4.98 Å². The fourth-order valence-electron chi connectivity index (χ4n) is 2.88. The lowest BCUT2D eigenvalue weighted by Crippen LogP contribution is -2.11. The van der Waals surface area contributed by atoms with Gasteiger partial charge in [0.15, 0.2) is 5.13 Å². The maximum Gasteiger partial charge on any atom is 0.270 e. The third-order valence-electron chi connectivity index (χ3n) is 4.17. The number of nitro groups is 1. The van der Waals surface area contributed by atoms with E-state index in [1.807, 2.05) is 37.3 Å². The van der Waals surface area contributed by atoms with Gasteiger partial charge in [-0.1, -0.05) is 41.7 Å². The first-order valence-electron chi connectivity index (χ1n) is 8.12. The van der Waals surface area contributed by atoms with Crippen molar-refractivity contribution >= 4 is 39.0 Å². The van der Waals surface area contributed by atoms with Crippen molar-refractivity contribution < 1.29 is 9.72 Å². The topological polar surface area (TPSA) is 101 Å². The van der Waals surface area contributed by atoms with Crippen LogP contribution in [-0.2, 0) is 0 Å². The zero-order valence-corrected chi connectivity index (χ0v) is 15.0. The predicted octanol–water partition coefficient (Wildman–Crippen LogP) is 4.76. The number of amides is 1. The van der Waals surface area contributed by atoms with Crippen molar-refractivity contribution in [3.63, 3.8) is 0 Å². The second-order valence-electron chi connectivity index (χ2n) is 5.94. The Kier molecular flexibility index (Phi) is 4.17. The number of benzene rings is 2. The molecule has 0 aliphatic heterocycles. The molecular weight excluding hydrogens is 364 g/mol. The molecule has 2 aromatic carbocycles. The molecule has 0 aliphatic carbocycles. The minimum Gasteiger partial charge on any atom is -0.360 e. The molecule has 2 heterocycles. The summed E-state index contributed by atoms with van der Waals surface area (Å²) in [5, 5.41) is 14.8. The number of aryl methyl sites for hydroxylation is 1. The Labute approximate surface area is 157 Å². The van der Waals surface area contributed by atoms with Crippen molar-refractivity contribution in [2.45, 2.75) is 6.92 Å². The van der Waals surface area contributed by atoms with E-state index in [2.05, 4.69) is 15.3 Å². The van der Waals surface area contributed by atoms with Crippen LogP contribution in [0.2, 0.25) is 0 Å². The SMILES string of the molecule is Cc1nc(NC(=O)c2c[nH]c3ccc([N+](=O)[O-])cc23)sc1-c1ccccc1. The Bertz CT molecular complexity index is 1160. The molecule has 2 aromatic heterocycles. The molecule has 0 atom stereocenters. The standard InChI is InChI=1S/C19H14N4O3S/c1-11-17(12-5-3-2-4-6-12)27-19(21-11)22-18(24)15-10-20-16-8-7-13(23(25)26)9-14(15)16/h2-10,20H,1H3,(H,21,22,24). The number of carbonyl (C=O) groups is 1. The molecule has 0 saturated heterocycles. The van der Waals surface area contributed by atoms with Gasteiger partial charge >= 0.3 is 0 Å². The smallest absolute Gasteiger partial charge is 0.270 e. The van der Waals surface area contributed by atoms with E-state index in [1.165, 1.54) is 23.5 Å². The van der Waals surface area contributed by atoms with Crippen LogP contribution < -0.4 is 5.32 Å². The van der Waals surface area contributed by atoms with E-state index in [9.17, 15) is 14.9 Å². The van der Waals surface area contributed by atoms with Crippen LogP contribution in [0.3, 0.4) is 0 Å². The predicted molar refractivity (Wildman–Crippen MR) is 105 cm³/mol. The normalized spacial score (nSPS) is 10.9. The van der Waals surface area contributed by atoms with Crippen LogP contribution in [0, 0.1) is 17.0 Å². The second-order valence-corrected chi connectivity index (χ2v) is 6.94. The molecule has 4 rings (SSSR count). The third-order valence-corrected chi connectivity index (χ3v) is 5.30. The highest BCUT2D eigenvalue weighted by molar-refractivity contribution is 7.19. The van der Waals surface area contributed by atoms with Crippen molar-refractivity contribution in [3.05, 3.63) is 76.1 Å². The lowest BCUT2D eigenvalue weighted by molar-refractivity contribution is -0.384. The van der Waals surface area contributed by atoms with Crippen molar-refractivity contribution in [3.8, 4) is 10.4 Å². The number of nitrogens with zero attached hydrogens (tertiary/aromatic N) is 2. The number of anilines is 1. The number of fused-ring (bicyclic) bond motifs is 1. The summed E-state index contributed by atoms with van der Waals surface area (Å²) in [7, 11) is 0. The molecule has 0 fully saturated rings. The van der Waals surface area contributed by atoms with Crippen LogP contribution in [0.25, 0.3) is 21.3 Å². The zero-order chi connectivity index (χ0) is 19.0. The van der Waals surface area contributed by atoms with E-state index in [0.717, 1.165) is 16.1 Å². The fraction of sp³-hybridized carbons (Fsp3) is 0.0526. The summed E-state index contributed by atoms with van der Waals surface area (Å²) in [6.07, 6.45) is 1.54. The van der Waals surface area contributed by atoms with Crippen molar-refractivity contribution in [1.82, 2.24) is 9.97 Å². The Morgan fingerprint density at radius 2 is 2.00 bits per heavy atom. The number of non-ortho nitro benzene ring substituents is 1. The van der Waals surface area contributed by atoms with Gasteiger partial charge in [0.1, 0.15) is 0 Å². The molecule has 7 nitrogen and oxygen atoms in total. The highest BCUT2D eigenvalue weighted by Gasteiger charge is 2.18. The van der Waals surface area contributed by atoms with Gasteiger partial charge < -0.3 is 4.98 Å². The number of nitrogens with one attached hydrogen (secondary N) is 2. The van der Waals surface area contributed by atoms with Gasteiger partial charge in [0, 0.05) is 29.2 Å². The maximum absolute atomic E-state index is 12.7. The molecule has 0 saturated carbocycles.